The molecule has 5 nitrogen and oxygen atoms in total. The zero-order valence-electron chi connectivity index (χ0n) is 15.3. The van der Waals surface area contributed by atoms with Crippen LogP contribution < -0.4 is 5.32 Å². The highest BCUT2D eigenvalue weighted by molar-refractivity contribution is 7.88. The molecule has 1 saturated carbocycles. The van der Waals surface area contributed by atoms with Crippen LogP contribution in [0.3, 0.4) is 0 Å². The predicted molar refractivity (Wildman–Crippen MR) is 100.0 cm³/mol. The van der Waals surface area contributed by atoms with Crippen molar-refractivity contribution in [2.75, 3.05) is 24.7 Å². The summed E-state index contributed by atoms with van der Waals surface area (Å²) in [5.41, 5.74) is 2.82. The first-order valence-electron chi connectivity index (χ1n) is 9.05. The third kappa shape index (κ3) is 3.60. The van der Waals surface area contributed by atoms with Crippen molar-refractivity contribution in [3.05, 3.63) is 29.3 Å². The van der Waals surface area contributed by atoms with Crippen LogP contribution >= 0.6 is 0 Å². The third-order valence-corrected chi connectivity index (χ3v) is 7.33. The number of benzene rings is 1. The van der Waals surface area contributed by atoms with Gasteiger partial charge in [0, 0.05) is 18.8 Å². The van der Waals surface area contributed by atoms with Gasteiger partial charge in [-0.15, -0.1) is 0 Å². The molecule has 1 aliphatic carbocycles. The van der Waals surface area contributed by atoms with Crippen LogP contribution in [0, 0.1) is 25.2 Å². The van der Waals surface area contributed by atoms with Gasteiger partial charge in [-0.2, -0.15) is 0 Å². The fourth-order valence-electron chi connectivity index (χ4n) is 4.41. The lowest BCUT2D eigenvalue weighted by Gasteiger charge is -2.37. The van der Waals surface area contributed by atoms with Gasteiger partial charge in [0.2, 0.25) is 15.9 Å². The van der Waals surface area contributed by atoms with Crippen molar-refractivity contribution in [3.8, 4) is 0 Å². The Morgan fingerprint density at radius 3 is 2.52 bits per heavy atom. The minimum absolute atomic E-state index is 0.0400. The smallest absolute Gasteiger partial charge is 0.229 e. The second-order valence-electron chi connectivity index (χ2n) is 7.77. The van der Waals surface area contributed by atoms with E-state index in [2.05, 4.69) is 5.32 Å². The lowest BCUT2D eigenvalue weighted by atomic mass is 9.67. The summed E-state index contributed by atoms with van der Waals surface area (Å²) < 4.78 is 25.7. The van der Waals surface area contributed by atoms with Crippen LogP contribution in [-0.2, 0) is 14.8 Å². The summed E-state index contributed by atoms with van der Waals surface area (Å²) in [5, 5.41) is 3.08. The lowest BCUT2D eigenvalue weighted by molar-refractivity contribution is -0.123. The fraction of sp³-hybridized carbons (Fsp3) is 0.632. The molecule has 1 saturated heterocycles. The monoisotopic (exact) mass is 364 g/mol. The number of hydrogen-bond acceptors (Lipinski definition) is 3. The van der Waals surface area contributed by atoms with E-state index in [0.29, 0.717) is 13.1 Å². The van der Waals surface area contributed by atoms with Gasteiger partial charge in [-0.05, 0) is 49.3 Å². The molecule has 0 radical (unpaired) electrons. The fourth-order valence-corrected chi connectivity index (χ4v) is 5.32. The minimum atomic E-state index is -3.28. The van der Waals surface area contributed by atoms with Gasteiger partial charge in [0.15, 0.2) is 0 Å². The van der Waals surface area contributed by atoms with Gasteiger partial charge in [-0.3, -0.25) is 4.79 Å². The lowest BCUT2D eigenvalue weighted by Crippen LogP contribution is -2.39. The van der Waals surface area contributed by atoms with E-state index in [1.807, 2.05) is 32.0 Å². The average molecular weight is 365 g/mol. The van der Waals surface area contributed by atoms with Gasteiger partial charge in [-0.25, -0.2) is 12.7 Å². The Morgan fingerprint density at radius 1 is 1.20 bits per heavy atom. The van der Waals surface area contributed by atoms with Gasteiger partial charge >= 0.3 is 0 Å². The molecule has 138 valence electrons. The first kappa shape index (κ1) is 18.4. The molecule has 1 atom stereocenters. The number of hydrogen-bond donors (Lipinski definition) is 1. The number of nitrogens with zero attached hydrogens (tertiary/aromatic N) is 1. The maximum absolute atomic E-state index is 13.1. The molecule has 1 heterocycles. The number of aryl methyl sites for hydroxylation is 1. The Hall–Kier alpha value is -1.40. The Balaban J connectivity index is 1.87. The van der Waals surface area contributed by atoms with Crippen LogP contribution in [0.5, 0.6) is 0 Å². The summed E-state index contributed by atoms with van der Waals surface area (Å²) in [5.74, 6) is -0.316. The first-order chi connectivity index (χ1) is 11.7. The highest BCUT2D eigenvalue weighted by Crippen LogP contribution is 2.48. The number of carbonyl (C=O) groups is 1. The Kier molecular flexibility index (Phi) is 4.95. The molecular formula is C19H28N2O3S. The summed E-state index contributed by atoms with van der Waals surface area (Å²) in [6.45, 7) is 4.81. The highest BCUT2D eigenvalue weighted by Gasteiger charge is 2.52. The Labute approximate surface area is 150 Å². The van der Waals surface area contributed by atoms with Crippen molar-refractivity contribution >= 4 is 21.6 Å². The number of rotatable bonds is 3. The summed E-state index contributed by atoms with van der Waals surface area (Å²) in [7, 11) is -3.28. The van der Waals surface area contributed by atoms with Gasteiger partial charge in [0.25, 0.3) is 0 Å². The topological polar surface area (TPSA) is 66.5 Å². The van der Waals surface area contributed by atoms with Crippen LogP contribution in [0.25, 0.3) is 0 Å². The van der Waals surface area contributed by atoms with Gasteiger partial charge in [0.05, 0.1) is 12.2 Å². The Morgan fingerprint density at radius 2 is 1.88 bits per heavy atom. The molecule has 6 heteroatoms. The summed E-state index contributed by atoms with van der Waals surface area (Å²) in [4.78, 5) is 13.1. The molecule has 2 aliphatic rings. The highest BCUT2D eigenvalue weighted by atomic mass is 32.2. The molecule has 2 fully saturated rings. The van der Waals surface area contributed by atoms with E-state index < -0.39 is 10.0 Å². The maximum atomic E-state index is 13.1. The number of carbonyl (C=O) groups excluding carboxylic acids is 1. The van der Waals surface area contributed by atoms with E-state index in [1.54, 1.807) is 0 Å². The molecule has 0 aromatic heterocycles. The van der Waals surface area contributed by atoms with Crippen molar-refractivity contribution in [2.45, 2.75) is 46.0 Å². The average Bonchev–Trinajstić information content (AvgIpc) is 2.92. The van der Waals surface area contributed by atoms with Crippen molar-refractivity contribution in [1.29, 1.82) is 0 Å². The molecule has 0 unspecified atom stereocenters. The molecule has 3 rings (SSSR count). The standard InChI is InChI=1S/C19H28N2O3S/c1-14-8-7-9-17(15(14)2)20-18(22)16-12-21(25(3,23)24)13-19(16)10-5-4-6-11-19/h7-9,16H,4-6,10-13H2,1-3H3,(H,20,22)/t16-/m1/s1. The molecule has 25 heavy (non-hydrogen) atoms. The molecule has 1 aromatic carbocycles. The summed E-state index contributed by atoms with van der Waals surface area (Å²) in [6, 6.07) is 5.87. The van der Waals surface area contributed by atoms with Crippen LogP contribution in [-0.4, -0.2) is 38.0 Å². The van der Waals surface area contributed by atoms with E-state index in [0.717, 1.165) is 42.5 Å². The van der Waals surface area contributed by atoms with Crippen molar-refractivity contribution < 1.29 is 13.2 Å². The van der Waals surface area contributed by atoms with E-state index in [-0.39, 0.29) is 17.2 Å². The maximum Gasteiger partial charge on any atom is 0.229 e. The summed E-state index contributed by atoms with van der Waals surface area (Å²) >= 11 is 0. The van der Waals surface area contributed by atoms with E-state index in [1.165, 1.54) is 17.0 Å². The largest absolute Gasteiger partial charge is 0.326 e. The molecule has 1 amide bonds. The number of sulfonamides is 1. The molecule has 1 aromatic rings. The van der Waals surface area contributed by atoms with Crippen molar-refractivity contribution in [3.63, 3.8) is 0 Å². The van der Waals surface area contributed by atoms with Crippen LogP contribution in [0.4, 0.5) is 5.69 Å². The van der Waals surface area contributed by atoms with E-state index in [9.17, 15) is 13.2 Å². The first-order valence-corrected chi connectivity index (χ1v) is 10.9. The zero-order valence-corrected chi connectivity index (χ0v) is 16.2. The molecule has 1 aliphatic heterocycles. The van der Waals surface area contributed by atoms with E-state index in [4.69, 9.17) is 0 Å². The van der Waals surface area contributed by atoms with E-state index >= 15 is 0 Å². The normalized spacial score (nSPS) is 23.7. The zero-order chi connectivity index (χ0) is 18.2. The second-order valence-corrected chi connectivity index (χ2v) is 9.75. The van der Waals surface area contributed by atoms with Gasteiger partial charge < -0.3 is 5.32 Å². The van der Waals surface area contributed by atoms with Crippen molar-refractivity contribution in [2.24, 2.45) is 11.3 Å². The molecular weight excluding hydrogens is 336 g/mol. The van der Waals surface area contributed by atoms with Crippen molar-refractivity contribution in [1.82, 2.24) is 4.31 Å². The van der Waals surface area contributed by atoms with Gasteiger partial charge in [-0.1, -0.05) is 31.4 Å². The Bertz CT molecular complexity index is 767. The second kappa shape index (κ2) is 6.72. The number of amides is 1. The molecule has 1 spiro atoms. The minimum Gasteiger partial charge on any atom is -0.326 e. The third-order valence-electron chi connectivity index (χ3n) is 6.11. The van der Waals surface area contributed by atoms with Crippen LogP contribution in [0.1, 0.15) is 43.2 Å². The predicted octanol–water partition coefficient (Wildman–Crippen LogP) is 3.08. The van der Waals surface area contributed by atoms with Crippen LogP contribution in [0.2, 0.25) is 0 Å². The van der Waals surface area contributed by atoms with Gasteiger partial charge in [0.1, 0.15) is 0 Å². The number of nitrogens with one attached hydrogen (secondary N) is 1. The molecule has 1 N–H and O–H groups in total. The quantitative estimate of drug-likeness (QED) is 0.896. The SMILES string of the molecule is Cc1cccc(NC(=O)[C@H]2CN(S(C)(=O)=O)CC23CCCCC3)c1C. The van der Waals surface area contributed by atoms with Crippen LogP contribution in [0.15, 0.2) is 18.2 Å². The summed E-state index contributed by atoms with van der Waals surface area (Å²) in [6.07, 6.45) is 6.43. The number of anilines is 1. The molecule has 0 bridgehead atoms.